The summed E-state index contributed by atoms with van der Waals surface area (Å²) < 4.78 is 1.95. The molecule has 2 unspecified atom stereocenters. The topological polar surface area (TPSA) is 78.0 Å². The Morgan fingerprint density at radius 1 is 1.12 bits per heavy atom. The van der Waals surface area contributed by atoms with Crippen molar-refractivity contribution in [2.24, 2.45) is 24.6 Å². The molecule has 32 heavy (non-hydrogen) atoms. The van der Waals surface area contributed by atoms with Gasteiger partial charge in [0.25, 0.3) is 5.91 Å². The summed E-state index contributed by atoms with van der Waals surface area (Å²) in [6.45, 7) is 1.94. The van der Waals surface area contributed by atoms with E-state index in [2.05, 4.69) is 24.3 Å². The van der Waals surface area contributed by atoms with E-state index < -0.39 is 11.3 Å². The van der Waals surface area contributed by atoms with Crippen molar-refractivity contribution in [1.29, 1.82) is 0 Å². The first-order valence-corrected chi connectivity index (χ1v) is 11.1. The summed E-state index contributed by atoms with van der Waals surface area (Å²) in [4.78, 5) is 25.3. The molecule has 0 saturated carbocycles. The fraction of sp³-hybridized carbons (Fsp3) is 0.296. The van der Waals surface area contributed by atoms with Gasteiger partial charge in [-0.05, 0) is 30.7 Å². The van der Waals surface area contributed by atoms with Crippen LogP contribution in [0.25, 0.3) is 11.3 Å². The zero-order valence-electron chi connectivity index (χ0n) is 18.4. The molecule has 1 aromatic heterocycles. The molecule has 0 radical (unpaired) electrons. The highest BCUT2D eigenvalue weighted by Gasteiger charge is 2.53. The van der Waals surface area contributed by atoms with Crippen LogP contribution in [-0.4, -0.2) is 21.5 Å². The first-order chi connectivity index (χ1) is 15.4. The maximum Gasteiger partial charge on any atom is 0.252 e. The van der Waals surface area contributed by atoms with Crippen LogP contribution in [0.2, 0.25) is 0 Å². The van der Waals surface area contributed by atoms with E-state index >= 15 is 0 Å². The third-order valence-corrected chi connectivity index (χ3v) is 7.29. The summed E-state index contributed by atoms with van der Waals surface area (Å²) in [6.07, 6.45) is 4.24. The number of Topliss-reactive ketones (excluding diaryl/α,β-unsaturated/α-hetero) is 1. The number of hydrogen-bond donors (Lipinski definition) is 1. The number of carbonyl (C=O) groups is 2. The van der Waals surface area contributed by atoms with E-state index in [1.165, 1.54) is 5.56 Å². The summed E-state index contributed by atoms with van der Waals surface area (Å²) in [7, 11) is 1.97. The summed E-state index contributed by atoms with van der Waals surface area (Å²) in [5, 5.41) is 5.04. The van der Waals surface area contributed by atoms with Crippen LogP contribution >= 0.6 is 0 Å². The van der Waals surface area contributed by atoms with Crippen molar-refractivity contribution in [2.75, 3.05) is 0 Å². The zero-order valence-corrected chi connectivity index (χ0v) is 18.4. The van der Waals surface area contributed by atoms with Crippen LogP contribution in [0, 0.1) is 11.8 Å². The number of nitrogens with zero attached hydrogens (tertiary/aromatic N) is 2. The van der Waals surface area contributed by atoms with Gasteiger partial charge in [-0.1, -0.05) is 73.7 Å². The number of carbonyl (C=O) groups excluding carboxylic acids is 2. The summed E-state index contributed by atoms with van der Waals surface area (Å²) >= 11 is 0. The van der Waals surface area contributed by atoms with Crippen molar-refractivity contribution in [3.8, 4) is 11.3 Å². The largest absolute Gasteiger partial charge is 0.365 e. The van der Waals surface area contributed by atoms with E-state index in [4.69, 9.17) is 10.8 Å². The second-order valence-electron chi connectivity index (χ2n) is 9.09. The molecule has 2 aliphatic rings. The Kier molecular flexibility index (Phi) is 4.85. The van der Waals surface area contributed by atoms with Gasteiger partial charge in [0.15, 0.2) is 5.78 Å². The normalized spacial score (nSPS) is 24.4. The van der Waals surface area contributed by atoms with Crippen LogP contribution in [-0.2, 0) is 34.9 Å². The van der Waals surface area contributed by atoms with Crippen molar-refractivity contribution < 1.29 is 9.59 Å². The second kappa shape index (κ2) is 7.59. The Morgan fingerprint density at radius 2 is 1.78 bits per heavy atom. The van der Waals surface area contributed by atoms with Gasteiger partial charge in [0.05, 0.1) is 17.0 Å². The highest BCUT2D eigenvalue weighted by Crippen LogP contribution is 2.52. The minimum atomic E-state index is -0.654. The van der Waals surface area contributed by atoms with E-state index in [0.717, 1.165) is 35.4 Å². The fourth-order valence-electron chi connectivity index (χ4n) is 5.89. The number of hydrogen-bond acceptors (Lipinski definition) is 3. The lowest BCUT2D eigenvalue weighted by Gasteiger charge is -2.47. The molecule has 2 aliphatic carbocycles. The molecular formula is C27H27N3O2. The number of rotatable bonds is 4. The lowest BCUT2D eigenvalue weighted by molar-refractivity contribution is -0.126. The Hall–Kier alpha value is -3.47. The predicted octanol–water partition coefficient (Wildman–Crippen LogP) is 3.76. The molecule has 162 valence electrons. The molecule has 5 nitrogen and oxygen atoms in total. The number of nitrogens with two attached hydrogens (primary N) is 1. The smallest absolute Gasteiger partial charge is 0.252 e. The molecule has 0 fully saturated rings. The standard InChI is InChI=1S/C27H27N3O2/c1-17-22-14-13-20-23(19-11-7-4-8-12-19)30(2)29-25(20)27(22,15-18-9-5-3-6-10-18)16-21(24(17)31)26(28)32/h3-12,16-17,22H,13-15H2,1-2H3,(H2,28,32)/t17?,22?,27-/m0/s1. The Balaban J connectivity index is 1.78. The molecule has 0 aliphatic heterocycles. The maximum atomic E-state index is 13.0. The van der Waals surface area contributed by atoms with Gasteiger partial charge in [0.1, 0.15) is 0 Å². The van der Waals surface area contributed by atoms with Gasteiger partial charge in [-0.25, -0.2) is 0 Å². The number of aryl methyl sites for hydroxylation is 1. The van der Waals surface area contributed by atoms with Gasteiger partial charge in [-0.3, -0.25) is 14.3 Å². The van der Waals surface area contributed by atoms with E-state index in [-0.39, 0.29) is 23.2 Å². The molecule has 0 saturated heterocycles. The first kappa shape index (κ1) is 20.4. The fourth-order valence-corrected chi connectivity index (χ4v) is 5.89. The number of fused-ring (bicyclic) bond motifs is 3. The summed E-state index contributed by atoms with van der Waals surface area (Å²) in [5.74, 6) is -1.03. The number of ketones is 1. The van der Waals surface area contributed by atoms with Crippen LogP contribution in [0.5, 0.6) is 0 Å². The summed E-state index contributed by atoms with van der Waals surface area (Å²) in [5.41, 5.74) is 10.8. The Labute approximate surface area is 187 Å². The van der Waals surface area contributed by atoms with Gasteiger partial charge < -0.3 is 5.73 Å². The van der Waals surface area contributed by atoms with Crippen LogP contribution in [0.1, 0.15) is 30.2 Å². The number of amides is 1. The quantitative estimate of drug-likeness (QED) is 0.647. The SMILES string of the molecule is CC1C(=O)C(C(N)=O)=C[C@]2(Cc3ccccc3)c3nn(C)c(-c4ccccc4)c3CCC12. The number of primary amides is 1. The lowest BCUT2D eigenvalue weighted by Crippen LogP contribution is -2.50. The van der Waals surface area contributed by atoms with Crippen molar-refractivity contribution in [3.63, 3.8) is 0 Å². The molecule has 2 N–H and O–H groups in total. The monoisotopic (exact) mass is 425 g/mol. The molecule has 5 rings (SSSR count). The van der Waals surface area contributed by atoms with Crippen molar-refractivity contribution >= 4 is 11.7 Å². The van der Waals surface area contributed by atoms with Gasteiger partial charge >= 0.3 is 0 Å². The van der Waals surface area contributed by atoms with E-state index in [1.54, 1.807) is 0 Å². The van der Waals surface area contributed by atoms with Crippen molar-refractivity contribution in [2.45, 2.75) is 31.6 Å². The number of aromatic nitrogens is 2. The highest BCUT2D eigenvalue weighted by atomic mass is 16.2. The molecule has 3 atom stereocenters. The first-order valence-electron chi connectivity index (χ1n) is 11.1. The molecule has 2 aromatic carbocycles. The Morgan fingerprint density at radius 3 is 2.44 bits per heavy atom. The third kappa shape index (κ3) is 3.03. The van der Waals surface area contributed by atoms with Crippen LogP contribution in [0.3, 0.4) is 0 Å². The van der Waals surface area contributed by atoms with Crippen LogP contribution < -0.4 is 5.73 Å². The maximum absolute atomic E-state index is 13.0. The molecule has 3 aromatic rings. The minimum Gasteiger partial charge on any atom is -0.365 e. The minimum absolute atomic E-state index is 0.0596. The average molecular weight is 426 g/mol. The second-order valence-corrected chi connectivity index (χ2v) is 9.09. The van der Waals surface area contributed by atoms with E-state index in [9.17, 15) is 9.59 Å². The molecule has 0 spiro atoms. The predicted molar refractivity (Wildman–Crippen MR) is 124 cm³/mol. The Bertz CT molecular complexity index is 1230. The molecular weight excluding hydrogens is 398 g/mol. The van der Waals surface area contributed by atoms with Gasteiger partial charge in [0, 0.05) is 29.5 Å². The third-order valence-electron chi connectivity index (χ3n) is 7.29. The average Bonchev–Trinajstić information content (AvgIpc) is 3.14. The molecule has 5 heteroatoms. The van der Waals surface area contributed by atoms with E-state index in [1.807, 2.05) is 61.1 Å². The molecule has 0 bridgehead atoms. The molecule has 1 heterocycles. The van der Waals surface area contributed by atoms with Crippen molar-refractivity contribution in [1.82, 2.24) is 9.78 Å². The highest BCUT2D eigenvalue weighted by molar-refractivity contribution is 6.20. The van der Waals surface area contributed by atoms with Crippen LogP contribution in [0.15, 0.2) is 72.3 Å². The van der Waals surface area contributed by atoms with Gasteiger partial charge in [0.2, 0.25) is 0 Å². The summed E-state index contributed by atoms with van der Waals surface area (Å²) in [6, 6.07) is 20.5. The zero-order chi connectivity index (χ0) is 22.5. The van der Waals surface area contributed by atoms with Crippen LogP contribution in [0.4, 0.5) is 0 Å². The number of benzene rings is 2. The van der Waals surface area contributed by atoms with Gasteiger partial charge in [-0.15, -0.1) is 0 Å². The lowest BCUT2D eigenvalue weighted by atomic mass is 9.55. The van der Waals surface area contributed by atoms with Gasteiger partial charge in [-0.2, -0.15) is 5.10 Å². The van der Waals surface area contributed by atoms with E-state index in [0.29, 0.717) is 6.42 Å². The molecule has 1 amide bonds. The van der Waals surface area contributed by atoms with Crippen molar-refractivity contribution in [3.05, 3.63) is 89.1 Å². The number of allylic oxidation sites excluding steroid dienone is 1.